The zero-order chi connectivity index (χ0) is 9.94. The first-order valence-corrected chi connectivity index (χ1v) is 5.45. The summed E-state index contributed by atoms with van der Waals surface area (Å²) in [6.45, 7) is 2.24. The van der Waals surface area contributed by atoms with Crippen molar-refractivity contribution in [3.05, 3.63) is 0 Å². The summed E-state index contributed by atoms with van der Waals surface area (Å²) in [5.41, 5.74) is 0. The highest BCUT2D eigenvalue weighted by Crippen LogP contribution is 2.08. The van der Waals surface area contributed by atoms with E-state index in [-0.39, 0.29) is 0 Å². The highest BCUT2D eigenvalue weighted by Gasteiger charge is 2.02. The van der Waals surface area contributed by atoms with Crippen LogP contribution in [-0.4, -0.2) is 13.1 Å². The van der Waals surface area contributed by atoms with Gasteiger partial charge in [0.15, 0.2) is 0 Å². The molecule has 0 aromatic carbocycles. The minimum atomic E-state index is 0.534. The molecule has 0 saturated heterocycles. The average Bonchev–Trinajstić information content (AvgIpc) is 2.16. The van der Waals surface area contributed by atoms with Gasteiger partial charge in [-0.2, -0.15) is 0 Å². The third-order valence-electron chi connectivity index (χ3n) is 2.43. The van der Waals surface area contributed by atoms with Crippen molar-refractivity contribution in [2.75, 3.05) is 7.05 Å². The molecule has 0 aliphatic rings. The molecule has 13 heavy (non-hydrogen) atoms. The number of unbranched alkanes of at least 4 members (excludes halogenated alkanes) is 4. The zero-order valence-corrected chi connectivity index (χ0v) is 9.10. The lowest BCUT2D eigenvalue weighted by atomic mass is 10.0. The van der Waals surface area contributed by atoms with Gasteiger partial charge in [0.2, 0.25) is 0 Å². The second-order valence-corrected chi connectivity index (χ2v) is 3.60. The van der Waals surface area contributed by atoms with E-state index >= 15 is 0 Å². The maximum atomic E-state index is 5.27. The van der Waals surface area contributed by atoms with E-state index in [0.717, 1.165) is 6.42 Å². The molecule has 0 heterocycles. The Morgan fingerprint density at radius 2 is 1.92 bits per heavy atom. The maximum Gasteiger partial charge on any atom is 0.0240 e. The van der Waals surface area contributed by atoms with Crippen LogP contribution in [0, 0.1) is 12.3 Å². The Labute approximate surface area is 83.3 Å². The molecule has 1 N–H and O–H groups in total. The van der Waals surface area contributed by atoms with Crippen LogP contribution >= 0.6 is 0 Å². The largest absolute Gasteiger partial charge is 0.316 e. The van der Waals surface area contributed by atoms with Crippen LogP contribution in [0.3, 0.4) is 0 Å². The van der Waals surface area contributed by atoms with Crippen LogP contribution in [0.25, 0.3) is 0 Å². The SMILES string of the molecule is C#CCC(CCCCCCC)NC. The second kappa shape index (κ2) is 9.61. The van der Waals surface area contributed by atoms with Gasteiger partial charge in [0.1, 0.15) is 0 Å². The van der Waals surface area contributed by atoms with Crippen molar-refractivity contribution in [3.8, 4) is 12.3 Å². The van der Waals surface area contributed by atoms with Gasteiger partial charge in [-0.25, -0.2) is 0 Å². The molecule has 76 valence electrons. The standard InChI is InChI=1S/C12H23N/c1-4-6-7-8-9-11-12(13-3)10-5-2/h2,12-13H,4,6-11H2,1,3H3. The van der Waals surface area contributed by atoms with Crippen LogP contribution in [0.5, 0.6) is 0 Å². The minimum Gasteiger partial charge on any atom is -0.316 e. The molecule has 0 aliphatic carbocycles. The van der Waals surface area contributed by atoms with E-state index in [1.54, 1.807) is 0 Å². The first kappa shape index (κ1) is 12.5. The van der Waals surface area contributed by atoms with Gasteiger partial charge in [-0.15, -0.1) is 12.3 Å². The van der Waals surface area contributed by atoms with E-state index < -0.39 is 0 Å². The molecule has 0 rings (SSSR count). The van der Waals surface area contributed by atoms with Crippen molar-refractivity contribution >= 4 is 0 Å². The lowest BCUT2D eigenvalue weighted by Gasteiger charge is -2.12. The van der Waals surface area contributed by atoms with E-state index in [4.69, 9.17) is 6.42 Å². The van der Waals surface area contributed by atoms with Crippen molar-refractivity contribution in [1.82, 2.24) is 5.32 Å². The molecule has 1 unspecified atom stereocenters. The van der Waals surface area contributed by atoms with Gasteiger partial charge >= 0.3 is 0 Å². The molecule has 1 nitrogen and oxygen atoms in total. The van der Waals surface area contributed by atoms with E-state index in [0.29, 0.717) is 6.04 Å². The highest BCUT2D eigenvalue weighted by atomic mass is 14.9. The van der Waals surface area contributed by atoms with Crippen LogP contribution in [0.4, 0.5) is 0 Å². The van der Waals surface area contributed by atoms with E-state index in [1.165, 1.54) is 38.5 Å². The fourth-order valence-electron chi connectivity index (χ4n) is 1.49. The van der Waals surface area contributed by atoms with Crippen molar-refractivity contribution in [3.63, 3.8) is 0 Å². The summed E-state index contributed by atoms with van der Waals surface area (Å²) in [5.74, 6) is 2.71. The Hall–Kier alpha value is -0.480. The Morgan fingerprint density at radius 3 is 2.46 bits per heavy atom. The molecule has 0 aliphatic heterocycles. The van der Waals surface area contributed by atoms with Crippen LogP contribution in [0.15, 0.2) is 0 Å². The first-order chi connectivity index (χ1) is 6.35. The Bertz CT molecular complexity index is 135. The zero-order valence-electron chi connectivity index (χ0n) is 9.10. The Kier molecular flexibility index (Phi) is 9.25. The molecular formula is C12H23N. The maximum absolute atomic E-state index is 5.27. The number of terminal acetylenes is 1. The lowest BCUT2D eigenvalue weighted by molar-refractivity contribution is 0.492. The molecule has 0 fully saturated rings. The van der Waals surface area contributed by atoms with Gasteiger partial charge < -0.3 is 5.32 Å². The molecule has 0 saturated carbocycles. The summed E-state index contributed by atoms with van der Waals surface area (Å²) in [6, 6.07) is 0.534. The molecule has 0 radical (unpaired) electrons. The lowest BCUT2D eigenvalue weighted by Crippen LogP contribution is -2.24. The molecular weight excluding hydrogens is 158 g/mol. The fraction of sp³-hybridized carbons (Fsp3) is 0.833. The van der Waals surface area contributed by atoms with Crippen molar-refractivity contribution in [1.29, 1.82) is 0 Å². The average molecular weight is 181 g/mol. The van der Waals surface area contributed by atoms with Crippen molar-refractivity contribution in [2.45, 2.75) is 57.9 Å². The van der Waals surface area contributed by atoms with Crippen LogP contribution in [0.1, 0.15) is 51.9 Å². The minimum absolute atomic E-state index is 0.534. The number of hydrogen-bond acceptors (Lipinski definition) is 1. The smallest absolute Gasteiger partial charge is 0.0240 e. The number of nitrogens with one attached hydrogen (secondary N) is 1. The Balaban J connectivity index is 3.23. The molecule has 0 aromatic heterocycles. The monoisotopic (exact) mass is 181 g/mol. The summed E-state index contributed by atoms with van der Waals surface area (Å²) in [6.07, 6.45) is 14.1. The molecule has 0 spiro atoms. The predicted molar refractivity (Wildman–Crippen MR) is 59.7 cm³/mol. The molecule has 0 aromatic rings. The number of rotatable bonds is 8. The highest BCUT2D eigenvalue weighted by molar-refractivity contribution is 4.89. The van der Waals surface area contributed by atoms with Crippen molar-refractivity contribution < 1.29 is 0 Å². The van der Waals surface area contributed by atoms with Gasteiger partial charge in [0, 0.05) is 12.5 Å². The third kappa shape index (κ3) is 7.87. The third-order valence-corrected chi connectivity index (χ3v) is 2.43. The molecule has 0 amide bonds. The summed E-state index contributed by atoms with van der Waals surface area (Å²) >= 11 is 0. The van der Waals surface area contributed by atoms with E-state index in [2.05, 4.69) is 18.2 Å². The molecule has 0 bridgehead atoms. The van der Waals surface area contributed by atoms with Crippen LogP contribution in [0.2, 0.25) is 0 Å². The van der Waals surface area contributed by atoms with E-state index in [1.807, 2.05) is 7.05 Å². The fourth-order valence-corrected chi connectivity index (χ4v) is 1.49. The second-order valence-electron chi connectivity index (χ2n) is 3.60. The summed E-state index contributed by atoms with van der Waals surface area (Å²) in [7, 11) is 1.99. The Morgan fingerprint density at radius 1 is 1.23 bits per heavy atom. The van der Waals surface area contributed by atoms with Gasteiger partial charge in [0.05, 0.1) is 0 Å². The normalized spacial score (nSPS) is 12.4. The quantitative estimate of drug-likeness (QED) is 0.448. The number of hydrogen-bond donors (Lipinski definition) is 1. The van der Waals surface area contributed by atoms with Gasteiger partial charge in [-0.05, 0) is 13.5 Å². The predicted octanol–water partition coefficient (Wildman–Crippen LogP) is 2.96. The summed E-state index contributed by atoms with van der Waals surface area (Å²) in [5, 5.41) is 3.25. The van der Waals surface area contributed by atoms with E-state index in [9.17, 15) is 0 Å². The first-order valence-electron chi connectivity index (χ1n) is 5.45. The summed E-state index contributed by atoms with van der Waals surface area (Å²) in [4.78, 5) is 0. The topological polar surface area (TPSA) is 12.0 Å². The van der Waals surface area contributed by atoms with Crippen LogP contribution in [-0.2, 0) is 0 Å². The summed E-state index contributed by atoms with van der Waals surface area (Å²) < 4.78 is 0. The van der Waals surface area contributed by atoms with Gasteiger partial charge in [-0.1, -0.05) is 39.0 Å². The molecule has 1 heteroatoms. The van der Waals surface area contributed by atoms with Crippen molar-refractivity contribution in [2.24, 2.45) is 0 Å². The van der Waals surface area contributed by atoms with Crippen LogP contribution < -0.4 is 5.32 Å². The molecule has 1 atom stereocenters. The van der Waals surface area contributed by atoms with Gasteiger partial charge in [0.25, 0.3) is 0 Å². The van der Waals surface area contributed by atoms with Gasteiger partial charge in [-0.3, -0.25) is 0 Å².